The van der Waals surface area contributed by atoms with Crippen molar-refractivity contribution in [2.45, 2.75) is 10.6 Å². The van der Waals surface area contributed by atoms with Crippen LogP contribution in [0.3, 0.4) is 0 Å². The van der Waals surface area contributed by atoms with Gasteiger partial charge in [-0.2, -0.15) is 0 Å². The van der Waals surface area contributed by atoms with Gasteiger partial charge < -0.3 is 11.5 Å². The summed E-state index contributed by atoms with van der Waals surface area (Å²) in [6, 6.07) is 10.3. The number of anilines is 1. The Hall–Kier alpha value is -1.36. The van der Waals surface area contributed by atoms with Crippen LogP contribution in [0.2, 0.25) is 10.0 Å². The van der Waals surface area contributed by atoms with Crippen LogP contribution in [0.4, 0.5) is 5.69 Å². The Bertz CT molecular complexity index is 662. The summed E-state index contributed by atoms with van der Waals surface area (Å²) >= 11 is 13.6. The molecule has 4 N–H and O–H groups in total. The molecule has 20 heavy (non-hydrogen) atoms. The second-order valence-corrected chi connectivity index (χ2v) is 6.00. The molecule has 0 aliphatic rings. The third-order valence-corrected chi connectivity index (χ3v) is 4.40. The number of carbonyl (C=O) groups excluding carboxylic acids is 1. The van der Waals surface area contributed by atoms with Crippen LogP contribution in [-0.4, -0.2) is 5.91 Å². The first-order valence-electron chi connectivity index (χ1n) is 5.73. The van der Waals surface area contributed by atoms with E-state index in [-0.39, 0.29) is 0 Å². The summed E-state index contributed by atoms with van der Waals surface area (Å²) in [5.74, 6) is 0.132. The molecule has 2 aromatic rings. The van der Waals surface area contributed by atoms with Crippen molar-refractivity contribution < 1.29 is 4.79 Å². The van der Waals surface area contributed by atoms with E-state index in [9.17, 15) is 4.79 Å². The van der Waals surface area contributed by atoms with Gasteiger partial charge in [-0.05, 0) is 35.9 Å². The van der Waals surface area contributed by atoms with E-state index in [1.54, 1.807) is 30.3 Å². The number of primary amides is 1. The molecule has 3 nitrogen and oxygen atoms in total. The fraction of sp³-hybridized carbons (Fsp3) is 0.0714. The zero-order chi connectivity index (χ0) is 14.7. The number of nitrogens with two attached hydrogens (primary N) is 2. The molecule has 0 radical (unpaired) electrons. The summed E-state index contributed by atoms with van der Waals surface area (Å²) < 4.78 is 0. The van der Waals surface area contributed by atoms with Crippen LogP contribution >= 0.6 is 35.0 Å². The molecule has 2 aromatic carbocycles. The van der Waals surface area contributed by atoms with Crippen molar-refractivity contribution in [3.05, 3.63) is 57.6 Å². The van der Waals surface area contributed by atoms with Gasteiger partial charge in [0.05, 0.1) is 0 Å². The monoisotopic (exact) mass is 326 g/mol. The summed E-state index contributed by atoms with van der Waals surface area (Å²) in [4.78, 5) is 11.9. The zero-order valence-corrected chi connectivity index (χ0v) is 12.7. The second kappa shape index (κ2) is 6.39. The lowest BCUT2D eigenvalue weighted by Gasteiger charge is -2.08. The lowest BCUT2D eigenvalue weighted by atomic mass is 10.1. The normalized spacial score (nSPS) is 10.5. The van der Waals surface area contributed by atoms with Gasteiger partial charge in [0.15, 0.2) is 0 Å². The number of halogens is 2. The van der Waals surface area contributed by atoms with E-state index in [2.05, 4.69) is 0 Å². The molecule has 0 bridgehead atoms. The number of rotatable bonds is 4. The predicted octanol–water partition coefficient (Wildman–Crippen LogP) is 3.97. The number of thioether (sulfide) groups is 1. The van der Waals surface area contributed by atoms with Crippen molar-refractivity contribution in [3.8, 4) is 0 Å². The number of amides is 1. The molecule has 1 amide bonds. The minimum absolute atomic E-state index is 0.394. The first kappa shape index (κ1) is 15.0. The molecule has 0 fully saturated rings. The highest BCUT2D eigenvalue weighted by Crippen LogP contribution is 2.32. The second-order valence-electron chi connectivity index (χ2n) is 4.14. The Morgan fingerprint density at radius 3 is 2.55 bits per heavy atom. The molecule has 0 aliphatic carbocycles. The van der Waals surface area contributed by atoms with Gasteiger partial charge in [0, 0.05) is 31.9 Å². The highest BCUT2D eigenvalue weighted by molar-refractivity contribution is 7.98. The van der Waals surface area contributed by atoms with Crippen LogP contribution in [0.15, 0.2) is 41.3 Å². The maximum absolute atomic E-state index is 11.1. The summed E-state index contributed by atoms with van der Waals surface area (Å²) in [7, 11) is 0. The van der Waals surface area contributed by atoms with Crippen LogP contribution in [-0.2, 0) is 5.75 Å². The number of carbonyl (C=O) groups is 1. The Morgan fingerprint density at radius 2 is 1.90 bits per heavy atom. The highest BCUT2D eigenvalue weighted by Gasteiger charge is 2.07. The highest BCUT2D eigenvalue weighted by atomic mass is 35.5. The third kappa shape index (κ3) is 3.60. The summed E-state index contributed by atoms with van der Waals surface area (Å²) in [5, 5.41) is 1.14. The first-order valence-corrected chi connectivity index (χ1v) is 7.47. The summed E-state index contributed by atoms with van der Waals surface area (Å²) in [5.41, 5.74) is 13.1. The smallest absolute Gasteiger partial charge is 0.248 e. The topological polar surface area (TPSA) is 69.1 Å². The average molecular weight is 327 g/mol. The van der Waals surface area contributed by atoms with Crippen molar-refractivity contribution in [1.82, 2.24) is 0 Å². The van der Waals surface area contributed by atoms with E-state index in [0.29, 0.717) is 27.0 Å². The van der Waals surface area contributed by atoms with E-state index in [0.717, 1.165) is 10.5 Å². The molecule has 104 valence electrons. The van der Waals surface area contributed by atoms with Crippen molar-refractivity contribution in [1.29, 1.82) is 0 Å². The van der Waals surface area contributed by atoms with Crippen LogP contribution < -0.4 is 11.5 Å². The Kier molecular flexibility index (Phi) is 4.81. The van der Waals surface area contributed by atoms with Gasteiger partial charge in [-0.25, -0.2) is 0 Å². The fourth-order valence-electron chi connectivity index (χ4n) is 1.61. The first-order chi connectivity index (χ1) is 9.47. The lowest BCUT2D eigenvalue weighted by Crippen LogP contribution is -2.10. The molecule has 0 atom stereocenters. The number of hydrogen-bond acceptors (Lipinski definition) is 3. The molecule has 0 aliphatic heterocycles. The molecule has 0 saturated carbocycles. The van der Waals surface area contributed by atoms with Gasteiger partial charge in [0.2, 0.25) is 5.91 Å². The number of hydrogen-bond donors (Lipinski definition) is 2. The van der Waals surface area contributed by atoms with Crippen LogP contribution in [0.5, 0.6) is 0 Å². The van der Waals surface area contributed by atoms with Gasteiger partial charge in [-0.3, -0.25) is 4.79 Å². The van der Waals surface area contributed by atoms with Crippen LogP contribution in [0, 0.1) is 0 Å². The minimum atomic E-state index is -0.495. The van der Waals surface area contributed by atoms with Crippen molar-refractivity contribution >= 4 is 46.6 Å². The maximum atomic E-state index is 11.1. The Labute approximate surface area is 131 Å². The van der Waals surface area contributed by atoms with Crippen molar-refractivity contribution in [3.63, 3.8) is 0 Å². The molecule has 0 unspecified atom stereocenters. The lowest BCUT2D eigenvalue weighted by molar-refractivity contribution is 0.100. The SMILES string of the molecule is NC(=O)c1ccc(CSc2cc(Cl)ccc2N)c(Cl)c1. The van der Waals surface area contributed by atoms with Crippen molar-refractivity contribution in [2.75, 3.05) is 5.73 Å². The van der Waals surface area contributed by atoms with Crippen LogP contribution in [0.1, 0.15) is 15.9 Å². The molecule has 0 aromatic heterocycles. The van der Waals surface area contributed by atoms with E-state index in [4.69, 9.17) is 34.7 Å². The quantitative estimate of drug-likeness (QED) is 0.659. The predicted molar refractivity (Wildman–Crippen MR) is 85.4 cm³/mol. The standard InChI is InChI=1S/C14H12Cl2N2OS/c15-10-3-4-12(17)13(6-10)20-7-9-2-1-8(14(18)19)5-11(9)16/h1-6H,7,17H2,(H2,18,19). The van der Waals surface area contributed by atoms with Gasteiger partial charge in [-0.15, -0.1) is 11.8 Å². The average Bonchev–Trinajstić information content (AvgIpc) is 2.40. The number of benzene rings is 2. The molecule has 2 rings (SSSR count). The summed E-state index contributed by atoms with van der Waals surface area (Å²) in [6.45, 7) is 0. The van der Waals surface area contributed by atoms with E-state index in [1.807, 2.05) is 6.07 Å². The van der Waals surface area contributed by atoms with Gasteiger partial charge in [0.1, 0.15) is 0 Å². The largest absolute Gasteiger partial charge is 0.398 e. The molecule has 0 saturated heterocycles. The molecular formula is C14H12Cl2N2OS. The molecule has 0 spiro atoms. The fourth-order valence-corrected chi connectivity index (χ4v) is 3.18. The van der Waals surface area contributed by atoms with Gasteiger partial charge in [-0.1, -0.05) is 29.3 Å². The van der Waals surface area contributed by atoms with E-state index in [1.165, 1.54) is 11.8 Å². The van der Waals surface area contributed by atoms with E-state index >= 15 is 0 Å². The number of nitrogen functional groups attached to an aromatic ring is 1. The van der Waals surface area contributed by atoms with Crippen molar-refractivity contribution in [2.24, 2.45) is 5.73 Å². The molecular weight excluding hydrogens is 315 g/mol. The Morgan fingerprint density at radius 1 is 1.15 bits per heavy atom. The Balaban J connectivity index is 2.15. The molecule has 0 heterocycles. The van der Waals surface area contributed by atoms with Crippen LogP contribution in [0.25, 0.3) is 0 Å². The van der Waals surface area contributed by atoms with E-state index < -0.39 is 5.91 Å². The van der Waals surface area contributed by atoms with Gasteiger partial charge in [0.25, 0.3) is 0 Å². The maximum Gasteiger partial charge on any atom is 0.248 e. The zero-order valence-electron chi connectivity index (χ0n) is 10.4. The third-order valence-electron chi connectivity index (χ3n) is 2.70. The molecule has 6 heteroatoms. The minimum Gasteiger partial charge on any atom is -0.398 e. The van der Waals surface area contributed by atoms with Gasteiger partial charge >= 0.3 is 0 Å². The summed E-state index contributed by atoms with van der Waals surface area (Å²) in [6.07, 6.45) is 0.